The summed E-state index contributed by atoms with van der Waals surface area (Å²) < 4.78 is 42.0. The number of benzene rings is 2. The fourth-order valence-electron chi connectivity index (χ4n) is 2.52. The summed E-state index contributed by atoms with van der Waals surface area (Å²) in [5, 5.41) is 4.39. The van der Waals surface area contributed by atoms with Crippen LogP contribution in [0.2, 0.25) is 0 Å². The van der Waals surface area contributed by atoms with Crippen molar-refractivity contribution in [3.63, 3.8) is 0 Å². The Labute approximate surface area is 149 Å². The summed E-state index contributed by atoms with van der Waals surface area (Å²) in [6, 6.07) is 13.5. The Morgan fingerprint density at radius 3 is 2.27 bits per heavy atom. The molecule has 1 heterocycles. The molecule has 0 bridgehead atoms. The van der Waals surface area contributed by atoms with Crippen LogP contribution in [0.3, 0.4) is 0 Å². The van der Waals surface area contributed by atoms with Gasteiger partial charge in [0.1, 0.15) is 12.1 Å². The van der Waals surface area contributed by atoms with E-state index >= 15 is 0 Å². The molecule has 0 saturated carbocycles. The van der Waals surface area contributed by atoms with E-state index < -0.39 is 6.36 Å². The smallest absolute Gasteiger partial charge is 0.406 e. The Kier molecular flexibility index (Phi) is 4.97. The van der Waals surface area contributed by atoms with Gasteiger partial charge in [0.25, 0.3) is 0 Å². The summed E-state index contributed by atoms with van der Waals surface area (Å²) >= 11 is 0. The van der Waals surface area contributed by atoms with Crippen molar-refractivity contribution in [3.05, 3.63) is 60.4 Å². The normalized spacial score (nSPS) is 12.8. The first-order valence-corrected chi connectivity index (χ1v) is 8.24. The SMILES string of the molecule is CCC(C)c1ccc(-c2ncn(-c3ccc(OC(F)(F)F)cc3)n2)cc1. The zero-order valence-electron chi connectivity index (χ0n) is 14.4. The van der Waals surface area contributed by atoms with Crippen LogP contribution in [-0.2, 0) is 0 Å². The van der Waals surface area contributed by atoms with Crippen molar-refractivity contribution in [2.75, 3.05) is 0 Å². The summed E-state index contributed by atoms with van der Waals surface area (Å²) in [7, 11) is 0. The zero-order valence-corrected chi connectivity index (χ0v) is 14.4. The third kappa shape index (κ3) is 4.22. The molecule has 0 radical (unpaired) electrons. The average Bonchev–Trinajstić information content (AvgIpc) is 3.10. The lowest BCUT2D eigenvalue weighted by molar-refractivity contribution is -0.274. The maximum Gasteiger partial charge on any atom is 0.573 e. The van der Waals surface area contributed by atoms with Crippen molar-refractivity contribution in [2.24, 2.45) is 0 Å². The van der Waals surface area contributed by atoms with Gasteiger partial charge in [0.2, 0.25) is 0 Å². The minimum atomic E-state index is -4.70. The van der Waals surface area contributed by atoms with E-state index in [1.807, 2.05) is 12.1 Å². The number of halogens is 3. The number of rotatable bonds is 5. The van der Waals surface area contributed by atoms with E-state index in [4.69, 9.17) is 0 Å². The van der Waals surface area contributed by atoms with Gasteiger partial charge in [0.15, 0.2) is 5.82 Å². The topological polar surface area (TPSA) is 39.9 Å². The van der Waals surface area contributed by atoms with Gasteiger partial charge < -0.3 is 4.74 Å². The van der Waals surface area contributed by atoms with Gasteiger partial charge in [0, 0.05) is 5.56 Å². The first-order valence-electron chi connectivity index (χ1n) is 8.24. The summed E-state index contributed by atoms with van der Waals surface area (Å²) in [4.78, 5) is 4.28. The molecule has 3 rings (SSSR count). The van der Waals surface area contributed by atoms with Gasteiger partial charge in [0.05, 0.1) is 5.69 Å². The van der Waals surface area contributed by atoms with Crippen LogP contribution in [0.15, 0.2) is 54.9 Å². The Bertz CT molecular complexity index is 855. The molecule has 1 unspecified atom stereocenters. The molecule has 0 aliphatic rings. The second-order valence-electron chi connectivity index (χ2n) is 5.99. The van der Waals surface area contributed by atoms with Gasteiger partial charge in [-0.1, -0.05) is 38.1 Å². The second-order valence-corrected chi connectivity index (χ2v) is 5.99. The van der Waals surface area contributed by atoms with Gasteiger partial charge in [-0.15, -0.1) is 18.3 Å². The standard InChI is InChI=1S/C19H18F3N3O/c1-3-13(2)14-4-6-15(7-5-14)18-23-12-25(24-18)16-8-10-17(11-9-16)26-19(20,21)22/h4-13H,3H2,1-2H3. The molecular formula is C19H18F3N3O. The van der Waals surface area contributed by atoms with Crippen molar-refractivity contribution in [2.45, 2.75) is 32.5 Å². The van der Waals surface area contributed by atoms with E-state index in [-0.39, 0.29) is 5.75 Å². The number of aromatic nitrogens is 3. The molecule has 0 amide bonds. The van der Waals surface area contributed by atoms with Crippen molar-refractivity contribution in [3.8, 4) is 22.8 Å². The maximum atomic E-state index is 12.2. The molecule has 0 fully saturated rings. The second kappa shape index (κ2) is 7.19. The predicted octanol–water partition coefficient (Wildman–Crippen LogP) is 5.35. The molecule has 0 spiro atoms. The minimum Gasteiger partial charge on any atom is -0.406 e. The molecular weight excluding hydrogens is 343 g/mol. The predicted molar refractivity (Wildman–Crippen MR) is 92.2 cm³/mol. The number of hydrogen-bond acceptors (Lipinski definition) is 3. The van der Waals surface area contributed by atoms with Crippen LogP contribution < -0.4 is 4.74 Å². The third-order valence-corrected chi connectivity index (χ3v) is 4.18. The van der Waals surface area contributed by atoms with Crippen LogP contribution in [0, 0.1) is 0 Å². The van der Waals surface area contributed by atoms with Crippen molar-refractivity contribution >= 4 is 0 Å². The van der Waals surface area contributed by atoms with E-state index in [2.05, 4.69) is 40.8 Å². The van der Waals surface area contributed by atoms with E-state index in [0.717, 1.165) is 12.0 Å². The first-order chi connectivity index (χ1) is 12.4. The molecule has 4 nitrogen and oxygen atoms in total. The fourth-order valence-corrected chi connectivity index (χ4v) is 2.52. The van der Waals surface area contributed by atoms with E-state index in [1.54, 1.807) is 0 Å². The van der Waals surface area contributed by atoms with E-state index in [1.165, 1.54) is 40.8 Å². The Balaban J connectivity index is 1.77. The number of nitrogens with zero attached hydrogens (tertiary/aromatic N) is 3. The zero-order chi connectivity index (χ0) is 18.7. The minimum absolute atomic E-state index is 0.276. The molecule has 0 aliphatic carbocycles. The molecule has 0 aliphatic heterocycles. The molecule has 0 saturated heterocycles. The first kappa shape index (κ1) is 18.0. The fraction of sp³-hybridized carbons (Fsp3) is 0.263. The van der Waals surface area contributed by atoms with Gasteiger partial charge in [-0.25, -0.2) is 9.67 Å². The van der Waals surface area contributed by atoms with Crippen molar-refractivity contribution in [1.29, 1.82) is 0 Å². The van der Waals surface area contributed by atoms with Crippen LogP contribution >= 0.6 is 0 Å². The lowest BCUT2D eigenvalue weighted by Crippen LogP contribution is -2.17. The highest BCUT2D eigenvalue weighted by molar-refractivity contribution is 5.55. The highest BCUT2D eigenvalue weighted by atomic mass is 19.4. The summed E-state index contributed by atoms with van der Waals surface area (Å²) in [5.41, 5.74) is 2.73. The number of hydrogen-bond donors (Lipinski definition) is 0. The molecule has 3 aromatic rings. The van der Waals surface area contributed by atoms with Gasteiger partial charge in [-0.05, 0) is 42.2 Å². The lowest BCUT2D eigenvalue weighted by Gasteiger charge is -2.09. The molecule has 7 heteroatoms. The summed E-state index contributed by atoms with van der Waals surface area (Å²) in [5.74, 6) is 0.769. The van der Waals surface area contributed by atoms with Gasteiger partial charge in [-0.3, -0.25) is 0 Å². The molecule has 136 valence electrons. The van der Waals surface area contributed by atoms with Crippen molar-refractivity contribution in [1.82, 2.24) is 14.8 Å². The van der Waals surface area contributed by atoms with Gasteiger partial charge in [-0.2, -0.15) is 0 Å². The lowest BCUT2D eigenvalue weighted by atomic mass is 9.97. The number of ether oxygens (including phenoxy) is 1. The average molecular weight is 361 g/mol. The Morgan fingerprint density at radius 2 is 1.69 bits per heavy atom. The van der Waals surface area contributed by atoms with Crippen LogP contribution in [0.25, 0.3) is 17.1 Å². The molecule has 26 heavy (non-hydrogen) atoms. The molecule has 1 aromatic heterocycles. The van der Waals surface area contributed by atoms with Crippen molar-refractivity contribution < 1.29 is 17.9 Å². The van der Waals surface area contributed by atoms with E-state index in [9.17, 15) is 13.2 Å². The maximum absolute atomic E-state index is 12.2. The molecule has 0 N–H and O–H groups in total. The highest BCUT2D eigenvalue weighted by Gasteiger charge is 2.30. The Hall–Kier alpha value is -2.83. The summed E-state index contributed by atoms with van der Waals surface area (Å²) in [6.45, 7) is 4.32. The molecule has 2 aromatic carbocycles. The van der Waals surface area contributed by atoms with Crippen LogP contribution in [-0.4, -0.2) is 21.1 Å². The van der Waals surface area contributed by atoms with Crippen LogP contribution in [0.1, 0.15) is 31.7 Å². The number of alkyl halides is 3. The van der Waals surface area contributed by atoms with E-state index in [0.29, 0.717) is 17.4 Å². The largest absolute Gasteiger partial charge is 0.573 e. The third-order valence-electron chi connectivity index (χ3n) is 4.18. The monoisotopic (exact) mass is 361 g/mol. The highest BCUT2D eigenvalue weighted by Crippen LogP contribution is 2.25. The Morgan fingerprint density at radius 1 is 1.04 bits per heavy atom. The van der Waals surface area contributed by atoms with Crippen LogP contribution in [0.4, 0.5) is 13.2 Å². The molecule has 1 atom stereocenters. The quantitative estimate of drug-likeness (QED) is 0.615. The summed E-state index contributed by atoms with van der Waals surface area (Å²) in [6.07, 6.45) is -2.11. The van der Waals surface area contributed by atoms with Gasteiger partial charge >= 0.3 is 6.36 Å². The van der Waals surface area contributed by atoms with Crippen LogP contribution in [0.5, 0.6) is 5.75 Å².